The van der Waals surface area contributed by atoms with Crippen LogP contribution in [-0.2, 0) is 0 Å². The predicted octanol–water partition coefficient (Wildman–Crippen LogP) is 4.42. The van der Waals surface area contributed by atoms with Gasteiger partial charge in [-0.2, -0.15) is 0 Å². The van der Waals surface area contributed by atoms with Crippen molar-refractivity contribution in [3.8, 4) is 0 Å². The van der Waals surface area contributed by atoms with E-state index in [4.69, 9.17) is 10.2 Å². The minimum Gasteiger partial charge on any atom is -0.512 e. The molecular formula is C13H22O2. The van der Waals surface area contributed by atoms with Crippen LogP contribution in [0.3, 0.4) is 0 Å². The van der Waals surface area contributed by atoms with Crippen molar-refractivity contribution in [2.45, 2.75) is 45.4 Å². The van der Waals surface area contributed by atoms with E-state index in [0.29, 0.717) is 6.26 Å². The van der Waals surface area contributed by atoms with E-state index < -0.39 is 0 Å². The number of hydrogen-bond acceptors (Lipinski definition) is 2. The van der Waals surface area contributed by atoms with Crippen LogP contribution in [0.25, 0.3) is 0 Å². The number of hydrogen-bond donors (Lipinski definition) is 2. The Hall–Kier alpha value is -1.18. The average Bonchev–Trinajstić information content (AvgIpc) is 2.26. The van der Waals surface area contributed by atoms with Gasteiger partial charge in [0.25, 0.3) is 0 Å². The summed E-state index contributed by atoms with van der Waals surface area (Å²) in [6, 6.07) is 0. The van der Waals surface area contributed by atoms with Gasteiger partial charge >= 0.3 is 0 Å². The van der Waals surface area contributed by atoms with Crippen LogP contribution < -0.4 is 0 Å². The van der Waals surface area contributed by atoms with Crippen LogP contribution in [0.15, 0.2) is 36.3 Å². The summed E-state index contributed by atoms with van der Waals surface area (Å²) in [5, 5.41) is 17.2. The van der Waals surface area contributed by atoms with Crippen LogP contribution in [0.5, 0.6) is 0 Å². The molecule has 0 aromatic carbocycles. The second-order valence-corrected chi connectivity index (χ2v) is 3.54. The Balaban J connectivity index is 3.35. The smallest absolute Gasteiger partial charge is 0.149 e. The molecule has 0 aliphatic heterocycles. The number of aliphatic hydroxyl groups is 2. The molecule has 0 fully saturated rings. The van der Waals surface area contributed by atoms with Crippen molar-refractivity contribution in [1.29, 1.82) is 0 Å². The van der Waals surface area contributed by atoms with Gasteiger partial charge in [-0.05, 0) is 18.9 Å². The highest BCUT2D eigenvalue weighted by Crippen LogP contribution is 2.05. The zero-order valence-electron chi connectivity index (χ0n) is 9.52. The zero-order chi connectivity index (χ0) is 11.4. The molecule has 0 spiro atoms. The maximum Gasteiger partial charge on any atom is 0.149 e. The molecule has 2 N–H and O–H groups in total. The van der Waals surface area contributed by atoms with Crippen LogP contribution in [0.2, 0.25) is 0 Å². The standard InChI is InChI=1S/C13H22O2/c1-2-3-4-5-6-7-8-9-10-11-13(15)12-14/h8-12,14-15H,2-7H2,1H3. The topological polar surface area (TPSA) is 40.5 Å². The van der Waals surface area contributed by atoms with Gasteiger partial charge in [0, 0.05) is 0 Å². The monoisotopic (exact) mass is 210 g/mol. The molecule has 0 heterocycles. The van der Waals surface area contributed by atoms with Crippen molar-refractivity contribution in [3.05, 3.63) is 36.3 Å². The first kappa shape index (κ1) is 13.8. The lowest BCUT2D eigenvalue weighted by molar-refractivity contribution is 0.377. The summed E-state index contributed by atoms with van der Waals surface area (Å²) in [7, 11) is 0. The maximum absolute atomic E-state index is 8.85. The van der Waals surface area contributed by atoms with Crippen LogP contribution >= 0.6 is 0 Å². The molecular weight excluding hydrogens is 188 g/mol. The number of unbranched alkanes of at least 4 members (excludes halogenated alkanes) is 5. The summed E-state index contributed by atoms with van der Waals surface area (Å²) in [6.07, 6.45) is 15.4. The first-order chi connectivity index (χ1) is 7.31. The normalized spacial score (nSPS) is 13.0. The van der Waals surface area contributed by atoms with E-state index in [1.54, 1.807) is 6.08 Å². The molecule has 0 aliphatic rings. The Morgan fingerprint density at radius 1 is 1.07 bits per heavy atom. The molecule has 0 aromatic heterocycles. The van der Waals surface area contributed by atoms with E-state index in [1.165, 1.54) is 38.2 Å². The molecule has 0 radical (unpaired) electrons. The summed E-state index contributed by atoms with van der Waals surface area (Å²) in [5.74, 6) is -0.123. The molecule has 0 saturated heterocycles. The highest BCUT2D eigenvalue weighted by Gasteiger charge is 1.85. The van der Waals surface area contributed by atoms with Gasteiger partial charge in [0.15, 0.2) is 0 Å². The van der Waals surface area contributed by atoms with Crippen molar-refractivity contribution < 1.29 is 10.2 Å². The van der Waals surface area contributed by atoms with Gasteiger partial charge in [-0.25, -0.2) is 0 Å². The van der Waals surface area contributed by atoms with Gasteiger partial charge in [-0.15, -0.1) is 0 Å². The fourth-order valence-electron chi connectivity index (χ4n) is 1.24. The average molecular weight is 210 g/mol. The lowest BCUT2D eigenvalue weighted by Gasteiger charge is -1.95. The Labute approximate surface area is 92.6 Å². The number of rotatable bonds is 8. The van der Waals surface area contributed by atoms with E-state index in [0.717, 1.165) is 6.42 Å². The summed E-state index contributed by atoms with van der Waals surface area (Å²) in [6.45, 7) is 2.21. The van der Waals surface area contributed by atoms with E-state index >= 15 is 0 Å². The Morgan fingerprint density at radius 2 is 1.80 bits per heavy atom. The molecule has 0 atom stereocenters. The lowest BCUT2D eigenvalue weighted by atomic mass is 10.1. The largest absolute Gasteiger partial charge is 0.512 e. The SMILES string of the molecule is CCCCCCCC=CC=CC(O)=CO. The van der Waals surface area contributed by atoms with Gasteiger partial charge in [0.05, 0.1) is 0 Å². The summed E-state index contributed by atoms with van der Waals surface area (Å²) in [4.78, 5) is 0. The fraction of sp³-hybridized carbons (Fsp3) is 0.538. The summed E-state index contributed by atoms with van der Waals surface area (Å²) >= 11 is 0. The van der Waals surface area contributed by atoms with Crippen molar-refractivity contribution >= 4 is 0 Å². The van der Waals surface area contributed by atoms with Crippen molar-refractivity contribution in [2.24, 2.45) is 0 Å². The second-order valence-electron chi connectivity index (χ2n) is 3.54. The first-order valence-electron chi connectivity index (χ1n) is 5.67. The molecule has 2 nitrogen and oxygen atoms in total. The van der Waals surface area contributed by atoms with Gasteiger partial charge in [0.1, 0.15) is 12.0 Å². The van der Waals surface area contributed by atoms with E-state index in [9.17, 15) is 0 Å². The second kappa shape index (κ2) is 10.9. The van der Waals surface area contributed by atoms with Gasteiger partial charge in [-0.3, -0.25) is 0 Å². The minimum absolute atomic E-state index is 0.123. The Morgan fingerprint density at radius 3 is 2.47 bits per heavy atom. The van der Waals surface area contributed by atoms with Gasteiger partial charge in [0.2, 0.25) is 0 Å². The van der Waals surface area contributed by atoms with Crippen molar-refractivity contribution in [3.63, 3.8) is 0 Å². The highest BCUT2D eigenvalue weighted by atomic mass is 16.3. The van der Waals surface area contributed by atoms with Crippen LogP contribution in [0.1, 0.15) is 45.4 Å². The van der Waals surface area contributed by atoms with E-state index in [1.807, 2.05) is 6.08 Å². The molecule has 0 rings (SSSR count). The molecule has 0 saturated carbocycles. The Bertz CT molecular complexity index is 215. The van der Waals surface area contributed by atoms with Gasteiger partial charge in [-0.1, -0.05) is 50.8 Å². The van der Waals surface area contributed by atoms with Crippen molar-refractivity contribution in [1.82, 2.24) is 0 Å². The lowest BCUT2D eigenvalue weighted by Crippen LogP contribution is -1.75. The fourth-order valence-corrected chi connectivity index (χ4v) is 1.24. The number of aliphatic hydroxyl groups excluding tert-OH is 2. The third kappa shape index (κ3) is 10.7. The molecule has 0 bridgehead atoms. The molecule has 2 heteroatoms. The van der Waals surface area contributed by atoms with E-state index in [-0.39, 0.29) is 5.76 Å². The molecule has 86 valence electrons. The maximum atomic E-state index is 8.85. The van der Waals surface area contributed by atoms with Crippen LogP contribution in [-0.4, -0.2) is 10.2 Å². The number of allylic oxidation sites excluding steroid dienone is 4. The Kier molecular flexibility index (Phi) is 10.0. The third-order valence-corrected chi connectivity index (χ3v) is 2.12. The molecule has 15 heavy (non-hydrogen) atoms. The third-order valence-electron chi connectivity index (χ3n) is 2.12. The summed E-state index contributed by atoms with van der Waals surface area (Å²) in [5.41, 5.74) is 0. The predicted molar refractivity (Wildman–Crippen MR) is 65.0 cm³/mol. The quantitative estimate of drug-likeness (QED) is 0.354. The van der Waals surface area contributed by atoms with Crippen LogP contribution in [0.4, 0.5) is 0 Å². The summed E-state index contributed by atoms with van der Waals surface area (Å²) < 4.78 is 0. The minimum atomic E-state index is -0.123. The van der Waals surface area contributed by atoms with E-state index in [2.05, 4.69) is 13.0 Å². The zero-order valence-corrected chi connectivity index (χ0v) is 9.52. The molecule has 0 amide bonds. The van der Waals surface area contributed by atoms with Crippen LogP contribution in [0, 0.1) is 0 Å². The first-order valence-corrected chi connectivity index (χ1v) is 5.67. The molecule has 0 aliphatic carbocycles. The molecule has 0 unspecified atom stereocenters. The van der Waals surface area contributed by atoms with Crippen molar-refractivity contribution in [2.75, 3.05) is 0 Å². The molecule has 0 aromatic rings. The van der Waals surface area contributed by atoms with Gasteiger partial charge < -0.3 is 10.2 Å². The highest BCUT2D eigenvalue weighted by molar-refractivity contribution is 5.14.